The fraction of sp³-hybridized carbons (Fsp3) is 0.294. The van der Waals surface area contributed by atoms with Gasteiger partial charge in [-0.1, -0.05) is 31.4 Å². The number of piperazine rings is 1. The minimum absolute atomic E-state index is 0.226. The molecule has 1 amide bonds. The molecule has 1 aliphatic carbocycles. The number of carbonyl (C=O) groups excluding carboxylic acids is 1. The van der Waals surface area contributed by atoms with Crippen LogP contribution in [0.25, 0.3) is 10.9 Å². The Bertz CT molecular complexity index is 1630. The summed E-state index contributed by atoms with van der Waals surface area (Å²) < 4.78 is 28.6. The lowest BCUT2D eigenvalue weighted by molar-refractivity contribution is -0.108. The van der Waals surface area contributed by atoms with Gasteiger partial charge in [0.05, 0.1) is 15.9 Å². The summed E-state index contributed by atoms with van der Waals surface area (Å²) in [4.78, 5) is 17.3. The van der Waals surface area contributed by atoms with Crippen molar-refractivity contribution < 1.29 is 13.6 Å². The highest BCUT2D eigenvalue weighted by Gasteiger charge is 2.45. The fourth-order valence-corrected chi connectivity index (χ4v) is 6.39. The number of pyridine rings is 1. The van der Waals surface area contributed by atoms with E-state index in [1.165, 1.54) is 23.3 Å². The Balaban J connectivity index is 1.48. The molecule has 3 aromatic rings. The van der Waals surface area contributed by atoms with Crippen LogP contribution >= 0.6 is 12.6 Å². The number of rotatable bonds is 8. The number of allylic oxidation sites excluding steroid dienone is 5. The smallest absolute Gasteiger partial charge is 0.211 e. The van der Waals surface area contributed by atoms with Gasteiger partial charge in [-0.3, -0.25) is 15.1 Å². The molecule has 1 fully saturated rings. The molecule has 0 spiro atoms. The summed E-state index contributed by atoms with van der Waals surface area (Å²) in [6.07, 6.45) is 9.91. The number of amides is 1. The zero-order chi connectivity index (χ0) is 30.2. The Hall–Kier alpha value is -3.75. The number of nitrogens with one attached hydrogen (secondary N) is 2. The van der Waals surface area contributed by atoms with Crippen molar-refractivity contribution in [3.8, 4) is 0 Å². The van der Waals surface area contributed by atoms with Gasteiger partial charge in [-0.15, -0.1) is 0 Å². The zero-order valence-electron chi connectivity index (χ0n) is 24.2. The number of hydrogen-bond donors (Lipinski definition) is 3. The van der Waals surface area contributed by atoms with Gasteiger partial charge in [0.2, 0.25) is 6.41 Å². The molecule has 3 unspecified atom stereocenters. The molecule has 5 rings (SSSR count). The van der Waals surface area contributed by atoms with Crippen molar-refractivity contribution in [2.24, 2.45) is 5.92 Å². The Labute approximate surface area is 251 Å². The van der Waals surface area contributed by atoms with Crippen molar-refractivity contribution in [1.82, 2.24) is 20.5 Å². The molecule has 42 heavy (non-hydrogen) atoms. The standard InChI is InChI=1S/C34H36F2N4OS/c1-6-7-8-31(21(2)38-20-41)26-10-24-12-27-9-23(17-37-32(27)13-25(24)11-26)18-40-22(3)34(5,42)39-19-33(40,4)28-14-29(35)16-30(36)15-28/h6-9,12-17,20,26,39,42H,1,3,10-11,18-19H2,2,4-5H3,(H,38,41)/b8-7-,31-21-. The first-order valence-electron chi connectivity index (χ1n) is 14.0. The fourth-order valence-electron chi connectivity index (χ4n) is 6.19. The van der Waals surface area contributed by atoms with E-state index >= 15 is 0 Å². The second-order valence-electron chi connectivity index (χ2n) is 11.6. The summed E-state index contributed by atoms with van der Waals surface area (Å²) >= 11 is 4.79. The van der Waals surface area contributed by atoms with Crippen molar-refractivity contribution in [2.75, 3.05) is 6.54 Å². The minimum atomic E-state index is -0.780. The van der Waals surface area contributed by atoms with Gasteiger partial charge in [0.1, 0.15) is 11.6 Å². The SMILES string of the molecule is C=C/C=C\C(=C(/C)NC=O)C1Cc2cc3cc(CN4C(=C)C(C)(S)NCC4(C)c4cc(F)cc(F)c4)cnc3cc2C1. The van der Waals surface area contributed by atoms with Crippen LogP contribution in [0.15, 0.2) is 90.9 Å². The van der Waals surface area contributed by atoms with Crippen molar-refractivity contribution in [3.63, 3.8) is 0 Å². The number of halogens is 2. The molecule has 1 aromatic heterocycles. The average molecular weight is 587 g/mol. The molecule has 0 bridgehead atoms. The predicted molar refractivity (Wildman–Crippen MR) is 168 cm³/mol. The lowest BCUT2D eigenvalue weighted by Gasteiger charge is -2.53. The third kappa shape index (κ3) is 5.65. The van der Waals surface area contributed by atoms with Gasteiger partial charge >= 0.3 is 0 Å². The molecular weight excluding hydrogens is 550 g/mol. The molecule has 3 atom stereocenters. The van der Waals surface area contributed by atoms with Gasteiger partial charge in [-0.05, 0) is 97.7 Å². The third-order valence-corrected chi connectivity index (χ3v) is 9.05. The maximum absolute atomic E-state index is 14.3. The number of thiol groups is 1. The molecule has 8 heteroatoms. The first-order chi connectivity index (χ1) is 19.9. The maximum Gasteiger partial charge on any atom is 0.211 e. The monoisotopic (exact) mass is 586 g/mol. The predicted octanol–water partition coefficient (Wildman–Crippen LogP) is 6.47. The number of fused-ring (bicyclic) bond motifs is 2. The summed E-state index contributed by atoms with van der Waals surface area (Å²) in [6, 6.07) is 10.1. The lowest BCUT2D eigenvalue weighted by Crippen LogP contribution is -2.62. The van der Waals surface area contributed by atoms with Crippen LogP contribution in [0.4, 0.5) is 8.78 Å². The van der Waals surface area contributed by atoms with Crippen LogP contribution in [-0.4, -0.2) is 27.7 Å². The number of benzene rings is 2. The van der Waals surface area contributed by atoms with Gasteiger partial charge in [0.15, 0.2) is 0 Å². The van der Waals surface area contributed by atoms with Gasteiger partial charge in [-0.2, -0.15) is 12.6 Å². The van der Waals surface area contributed by atoms with Gasteiger partial charge in [0.25, 0.3) is 0 Å². The van der Waals surface area contributed by atoms with E-state index in [4.69, 9.17) is 17.6 Å². The van der Waals surface area contributed by atoms with E-state index in [0.717, 1.165) is 46.6 Å². The molecule has 2 N–H and O–H groups in total. The van der Waals surface area contributed by atoms with Gasteiger partial charge in [-0.25, -0.2) is 8.78 Å². The van der Waals surface area contributed by atoms with E-state index in [1.54, 1.807) is 6.08 Å². The van der Waals surface area contributed by atoms with Crippen molar-refractivity contribution >= 4 is 29.9 Å². The Morgan fingerprint density at radius 1 is 1.17 bits per heavy atom. The van der Waals surface area contributed by atoms with Crippen LogP contribution in [0.5, 0.6) is 0 Å². The molecule has 1 aliphatic heterocycles. The molecule has 2 aromatic carbocycles. The summed E-state index contributed by atoms with van der Waals surface area (Å²) in [7, 11) is 0. The number of aromatic nitrogens is 1. The van der Waals surface area contributed by atoms with Crippen LogP contribution in [0.1, 0.15) is 43.0 Å². The summed E-state index contributed by atoms with van der Waals surface area (Å²) in [5.41, 5.74) is 6.71. The molecule has 0 saturated carbocycles. The Kier molecular flexibility index (Phi) is 8.14. The van der Waals surface area contributed by atoms with E-state index in [9.17, 15) is 13.6 Å². The first kappa shape index (κ1) is 29.7. The van der Waals surface area contributed by atoms with Crippen LogP contribution < -0.4 is 10.6 Å². The molecule has 2 aliphatic rings. The average Bonchev–Trinajstić information content (AvgIpc) is 3.34. The highest BCUT2D eigenvalue weighted by molar-refractivity contribution is 7.82. The van der Waals surface area contributed by atoms with Crippen LogP contribution in [-0.2, 0) is 29.7 Å². The van der Waals surface area contributed by atoms with E-state index in [-0.39, 0.29) is 5.92 Å². The quantitative estimate of drug-likeness (QED) is 0.161. The molecule has 2 heterocycles. The third-order valence-electron chi connectivity index (χ3n) is 8.64. The van der Waals surface area contributed by atoms with Crippen LogP contribution in [0.3, 0.4) is 0 Å². The minimum Gasteiger partial charge on any atom is -0.358 e. The first-order valence-corrected chi connectivity index (χ1v) is 14.4. The second-order valence-corrected chi connectivity index (χ2v) is 12.5. The van der Waals surface area contributed by atoms with Gasteiger partial charge < -0.3 is 10.2 Å². The molecule has 218 valence electrons. The van der Waals surface area contributed by atoms with E-state index in [2.05, 4.69) is 46.9 Å². The van der Waals surface area contributed by atoms with E-state index in [0.29, 0.717) is 30.8 Å². The molecular formula is C34H36F2N4OS. The van der Waals surface area contributed by atoms with Crippen LogP contribution in [0, 0.1) is 17.6 Å². The molecule has 1 saturated heterocycles. The summed E-state index contributed by atoms with van der Waals surface area (Å²) in [5, 5.41) is 7.21. The molecule has 5 nitrogen and oxygen atoms in total. The summed E-state index contributed by atoms with van der Waals surface area (Å²) in [5.74, 6) is -1.01. The number of carbonyl (C=O) groups is 1. The Morgan fingerprint density at radius 2 is 1.86 bits per heavy atom. The molecule has 0 radical (unpaired) electrons. The lowest BCUT2D eigenvalue weighted by atomic mass is 9.85. The Morgan fingerprint density at radius 3 is 2.52 bits per heavy atom. The van der Waals surface area contributed by atoms with E-state index < -0.39 is 22.0 Å². The highest BCUT2D eigenvalue weighted by atomic mass is 32.1. The normalized spacial score (nSPS) is 24.6. The summed E-state index contributed by atoms with van der Waals surface area (Å²) in [6.45, 7) is 14.8. The highest BCUT2D eigenvalue weighted by Crippen LogP contribution is 2.42. The van der Waals surface area contributed by atoms with Crippen molar-refractivity contribution in [3.05, 3.63) is 125 Å². The van der Waals surface area contributed by atoms with Gasteiger partial charge in [0, 0.05) is 42.1 Å². The van der Waals surface area contributed by atoms with Crippen molar-refractivity contribution in [1.29, 1.82) is 0 Å². The van der Waals surface area contributed by atoms with Crippen molar-refractivity contribution in [2.45, 2.75) is 50.6 Å². The second kappa shape index (κ2) is 11.5. The number of hydrogen-bond acceptors (Lipinski definition) is 5. The topological polar surface area (TPSA) is 57.3 Å². The zero-order valence-corrected chi connectivity index (χ0v) is 25.1. The maximum atomic E-state index is 14.3. The number of nitrogens with zero attached hydrogens (tertiary/aromatic N) is 2. The van der Waals surface area contributed by atoms with Crippen LogP contribution in [0.2, 0.25) is 0 Å². The van der Waals surface area contributed by atoms with E-state index in [1.807, 2.05) is 39.1 Å². The largest absolute Gasteiger partial charge is 0.358 e.